The van der Waals surface area contributed by atoms with Crippen LogP contribution in [0.25, 0.3) is 27.9 Å². The number of hydrogen-bond acceptors (Lipinski definition) is 3. The van der Waals surface area contributed by atoms with Crippen molar-refractivity contribution in [3.8, 4) is 11.4 Å². The number of aromatic nitrogens is 4. The third-order valence-corrected chi connectivity index (χ3v) is 4.01. The Hall–Kier alpha value is -2.95. The molecular formula is C17H14N4O. The van der Waals surface area contributed by atoms with Gasteiger partial charge in [-0.25, -0.2) is 4.98 Å². The quantitative estimate of drug-likeness (QED) is 0.586. The van der Waals surface area contributed by atoms with Crippen LogP contribution in [-0.4, -0.2) is 19.6 Å². The lowest BCUT2D eigenvalue weighted by molar-refractivity contribution is 0.875. The van der Waals surface area contributed by atoms with Gasteiger partial charge in [0.25, 0.3) is 11.3 Å². The highest BCUT2D eigenvalue weighted by atomic mass is 16.1. The second-order valence-corrected chi connectivity index (χ2v) is 5.36. The van der Waals surface area contributed by atoms with Gasteiger partial charge in [0, 0.05) is 16.8 Å². The maximum atomic E-state index is 12.3. The Balaban J connectivity index is 2.05. The Morgan fingerprint density at radius 3 is 2.64 bits per heavy atom. The highest BCUT2D eigenvalue weighted by Gasteiger charge is 2.12. The van der Waals surface area contributed by atoms with E-state index in [4.69, 9.17) is 0 Å². The van der Waals surface area contributed by atoms with Gasteiger partial charge in [0.2, 0.25) is 0 Å². The molecule has 0 radical (unpaired) electrons. The summed E-state index contributed by atoms with van der Waals surface area (Å²) in [5, 5.41) is 5.29. The first-order chi connectivity index (χ1) is 10.6. The van der Waals surface area contributed by atoms with Crippen molar-refractivity contribution in [2.24, 2.45) is 0 Å². The van der Waals surface area contributed by atoms with E-state index in [1.54, 1.807) is 6.92 Å². The number of benzene rings is 2. The first-order valence-corrected chi connectivity index (χ1v) is 7.09. The lowest BCUT2D eigenvalue weighted by atomic mass is 10.0. The van der Waals surface area contributed by atoms with Gasteiger partial charge in [0.15, 0.2) is 5.82 Å². The molecule has 0 bridgehead atoms. The van der Waals surface area contributed by atoms with E-state index in [2.05, 4.69) is 27.2 Å². The fourth-order valence-electron chi connectivity index (χ4n) is 2.66. The van der Waals surface area contributed by atoms with Gasteiger partial charge in [0.05, 0.1) is 0 Å². The summed E-state index contributed by atoms with van der Waals surface area (Å²) < 4.78 is 1.40. The largest absolute Gasteiger partial charge is 0.277 e. The molecule has 0 aliphatic carbocycles. The normalized spacial score (nSPS) is 11.4. The zero-order chi connectivity index (χ0) is 15.3. The molecule has 2 aromatic heterocycles. The molecule has 5 nitrogen and oxygen atoms in total. The molecule has 0 unspecified atom stereocenters. The molecule has 22 heavy (non-hydrogen) atoms. The van der Waals surface area contributed by atoms with E-state index >= 15 is 0 Å². The molecule has 0 atom stereocenters. The van der Waals surface area contributed by atoms with Crippen LogP contribution in [0.15, 0.2) is 47.3 Å². The predicted octanol–water partition coefficient (Wildman–Crippen LogP) is 2.85. The standard InChI is InChI=1S/C17H14N4O/c1-10-11(2)18-17-19-15(20-21(17)16(10)22)14-9-5-7-12-6-3-4-8-13(12)14/h3-9H,1-2H3,(H,18,19,20). The fourth-order valence-corrected chi connectivity index (χ4v) is 2.66. The Labute approximate surface area is 126 Å². The van der Waals surface area contributed by atoms with E-state index in [-0.39, 0.29) is 5.56 Å². The van der Waals surface area contributed by atoms with Gasteiger partial charge >= 0.3 is 0 Å². The van der Waals surface area contributed by atoms with Crippen molar-refractivity contribution >= 4 is 16.6 Å². The van der Waals surface area contributed by atoms with Crippen LogP contribution in [0, 0.1) is 13.8 Å². The summed E-state index contributed by atoms with van der Waals surface area (Å²) in [6.07, 6.45) is 0. The van der Waals surface area contributed by atoms with Gasteiger partial charge in [-0.15, -0.1) is 0 Å². The second-order valence-electron chi connectivity index (χ2n) is 5.36. The average molecular weight is 290 g/mol. The van der Waals surface area contributed by atoms with Gasteiger partial charge in [-0.1, -0.05) is 42.5 Å². The highest BCUT2D eigenvalue weighted by molar-refractivity contribution is 5.95. The van der Waals surface area contributed by atoms with Gasteiger partial charge in [-0.05, 0) is 24.6 Å². The Bertz CT molecular complexity index is 1070. The van der Waals surface area contributed by atoms with E-state index in [9.17, 15) is 4.79 Å². The van der Waals surface area contributed by atoms with Gasteiger partial charge in [-0.2, -0.15) is 9.50 Å². The van der Waals surface area contributed by atoms with Crippen molar-refractivity contribution in [1.82, 2.24) is 19.6 Å². The third-order valence-electron chi connectivity index (χ3n) is 4.01. The van der Waals surface area contributed by atoms with Gasteiger partial charge < -0.3 is 0 Å². The van der Waals surface area contributed by atoms with Crippen molar-refractivity contribution < 1.29 is 0 Å². The summed E-state index contributed by atoms with van der Waals surface area (Å²) in [7, 11) is 0. The molecule has 0 fully saturated rings. The molecule has 0 amide bonds. The van der Waals surface area contributed by atoms with Crippen molar-refractivity contribution in [2.45, 2.75) is 13.8 Å². The summed E-state index contributed by atoms with van der Waals surface area (Å²) in [4.78, 5) is 21.2. The summed E-state index contributed by atoms with van der Waals surface area (Å²) >= 11 is 0. The maximum Gasteiger partial charge on any atom is 0.277 e. The number of hydrogen-bond donors (Lipinski definition) is 1. The zero-order valence-electron chi connectivity index (χ0n) is 12.3. The Morgan fingerprint density at radius 2 is 1.77 bits per heavy atom. The first kappa shape index (κ1) is 12.8. The van der Waals surface area contributed by atoms with Crippen molar-refractivity contribution in [1.29, 1.82) is 0 Å². The van der Waals surface area contributed by atoms with Crippen LogP contribution < -0.4 is 5.56 Å². The molecule has 0 saturated carbocycles. The van der Waals surface area contributed by atoms with E-state index < -0.39 is 0 Å². The molecule has 4 rings (SSSR count). The number of fused-ring (bicyclic) bond motifs is 2. The van der Waals surface area contributed by atoms with Crippen LogP contribution in [0.5, 0.6) is 0 Å². The molecule has 4 aromatic rings. The minimum atomic E-state index is -0.110. The van der Waals surface area contributed by atoms with E-state index in [1.807, 2.05) is 37.3 Å². The van der Waals surface area contributed by atoms with Crippen LogP contribution >= 0.6 is 0 Å². The second kappa shape index (κ2) is 4.53. The number of H-pyrrole nitrogens is 1. The number of rotatable bonds is 1. The highest BCUT2D eigenvalue weighted by Crippen LogP contribution is 2.26. The molecule has 0 aliphatic rings. The first-order valence-electron chi connectivity index (χ1n) is 7.09. The maximum absolute atomic E-state index is 12.3. The number of aryl methyl sites for hydroxylation is 1. The van der Waals surface area contributed by atoms with Crippen LogP contribution in [0.3, 0.4) is 0 Å². The summed E-state index contributed by atoms with van der Waals surface area (Å²) in [6.45, 7) is 3.60. The van der Waals surface area contributed by atoms with Gasteiger partial charge in [0.1, 0.15) is 0 Å². The lowest BCUT2D eigenvalue weighted by Gasteiger charge is -2.02. The van der Waals surface area contributed by atoms with Crippen molar-refractivity contribution in [2.75, 3.05) is 0 Å². The SMILES string of the molecule is Cc1nc2nc(-c3cccc4ccccc34)[nH]n2c(=O)c1C. The van der Waals surface area contributed by atoms with Crippen LogP contribution in [0.2, 0.25) is 0 Å². The smallest absolute Gasteiger partial charge is 0.271 e. The molecule has 5 heteroatoms. The molecule has 108 valence electrons. The molecular weight excluding hydrogens is 276 g/mol. The average Bonchev–Trinajstić information content (AvgIpc) is 2.96. The Morgan fingerprint density at radius 1 is 1.00 bits per heavy atom. The summed E-state index contributed by atoms with van der Waals surface area (Å²) in [6, 6.07) is 14.1. The number of aromatic amines is 1. The van der Waals surface area contributed by atoms with E-state index in [0.29, 0.717) is 22.9 Å². The van der Waals surface area contributed by atoms with E-state index in [0.717, 1.165) is 16.3 Å². The predicted molar refractivity (Wildman–Crippen MR) is 86.0 cm³/mol. The monoisotopic (exact) mass is 290 g/mol. The minimum Gasteiger partial charge on any atom is -0.271 e. The number of nitrogens with one attached hydrogen (secondary N) is 1. The molecule has 0 saturated heterocycles. The lowest BCUT2D eigenvalue weighted by Crippen LogP contribution is -2.19. The third kappa shape index (κ3) is 1.75. The van der Waals surface area contributed by atoms with Crippen LogP contribution in [0.1, 0.15) is 11.3 Å². The van der Waals surface area contributed by atoms with Crippen LogP contribution in [0.4, 0.5) is 0 Å². The number of nitrogens with zero attached hydrogens (tertiary/aromatic N) is 3. The molecule has 0 spiro atoms. The summed E-state index contributed by atoms with van der Waals surface area (Å²) in [5.41, 5.74) is 2.19. The topological polar surface area (TPSA) is 63.1 Å². The fraction of sp³-hybridized carbons (Fsp3) is 0.118. The molecule has 2 heterocycles. The molecule has 2 aromatic carbocycles. The molecule has 0 aliphatic heterocycles. The van der Waals surface area contributed by atoms with Gasteiger partial charge in [-0.3, -0.25) is 9.89 Å². The van der Waals surface area contributed by atoms with E-state index in [1.165, 1.54) is 4.52 Å². The summed E-state index contributed by atoms with van der Waals surface area (Å²) in [5.74, 6) is 1.04. The minimum absolute atomic E-state index is 0.110. The van der Waals surface area contributed by atoms with Crippen molar-refractivity contribution in [3.63, 3.8) is 0 Å². The Kier molecular flexibility index (Phi) is 2.63. The van der Waals surface area contributed by atoms with Crippen molar-refractivity contribution in [3.05, 3.63) is 64.1 Å². The zero-order valence-corrected chi connectivity index (χ0v) is 12.3. The molecule has 1 N–H and O–H groups in total. The van der Waals surface area contributed by atoms with Crippen LogP contribution in [-0.2, 0) is 0 Å².